The molecule has 0 amide bonds. The zero-order chi connectivity index (χ0) is 11.5. The van der Waals surface area contributed by atoms with Gasteiger partial charge in [-0.15, -0.1) is 0 Å². The van der Waals surface area contributed by atoms with Crippen molar-refractivity contribution < 1.29 is 0 Å². The highest BCUT2D eigenvalue weighted by atomic mass is 35.5. The van der Waals surface area contributed by atoms with Crippen molar-refractivity contribution in [2.45, 2.75) is 18.9 Å². The molecule has 0 spiro atoms. The highest BCUT2D eigenvalue weighted by Gasteiger charge is 2.18. The number of nitrogen functional groups attached to an aromatic ring is 1. The summed E-state index contributed by atoms with van der Waals surface area (Å²) >= 11 is 5.83. The van der Waals surface area contributed by atoms with Gasteiger partial charge >= 0.3 is 0 Å². The molecule has 5 nitrogen and oxygen atoms in total. The Morgan fingerprint density at radius 3 is 2.81 bits per heavy atom. The molecule has 88 valence electrons. The average molecular weight is 242 g/mol. The zero-order valence-corrected chi connectivity index (χ0v) is 10.0. The van der Waals surface area contributed by atoms with Gasteiger partial charge in [0.2, 0.25) is 0 Å². The molecule has 2 heterocycles. The molecule has 0 atom stereocenters. The SMILES string of the molecule is CN1CCC(Nc2ncnc(Cl)c2N)CC1. The maximum absolute atomic E-state index is 5.83. The molecule has 1 aliphatic heterocycles. The van der Waals surface area contributed by atoms with Gasteiger partial charge in [-0.25, -0.2) is 9.97 Å². The first-order valence-electron chi connectivity index (χ1n) is 5.38. The van der Waals surface area contributed by atoms with E-state index >= 15 is 0 Å². The van der Waals surface area contributed by atoms with Crippen molar-refractivity contribution in [3.63, 3.8) is 0 Å². The smallest absolute Gasteiger partial charge is 0.157 e. The summed E-state index contributed by atoms with van der Waals surface area (Å²) in [5.41, 5.74) is 6.23. The van der Waals surface area contributed by atoms with Crippen LogP contribution in [0.2, 0.25) is 5.15 Å². The van der Waals surface area contributed by atoms with Crippen molar-refractivity contribution >= 4 is 23.1 Å². The molecule has 0 bridgehead atoms. The van der Waals surface area contributed by atoms with Gasteiger partial charge in [-0.3, -0.25) is 0 Å². The Hall–Kier alpha value is -1.07. The van der Waals surface area contributed by atoms with Crippen LogP contribution in [0.1, 0.15) is 12.8 Å². The number of nitrogens with zero attached hydrogens (tertiary/aromatic N) is 3. The van der Waals surface area contributed by atoms with Crippen molar-refractivity contribution in [3.8, 4) is 0 Å². The van der Waals surface area contributed by atoms with Gasteiger partial charge in [-0.05, 0) is 33.0 Å². The van der Waals surface area contributed by atoms with Crippen LogP contribution < -0.4 is 11.1 Å². The number of hydrogen-bond donors (Lipinski definition) is 2. The number of nitrogens with one attached hydrogen (secondary N) is 1. The first-order chi connectivity index (χ1) is 7.66. The van der Waals surface area contributed by atoms with Crippen molar-refractivity contribution in [2.75, 3.05) is 31.2 Å². The third-order valence-corrected chi connectivity index (χ3v) is 3.20. The molecule has 0 radical (unpaired) electrons. The first kappa shape index (κ1) is 11.4. The fourth-order valence-corrected chi connectivity index (χ4v) is 1.97. The quantitative estimate of drug-likeness (QED) is 0.762. The third kappa shape index (κ3) is 2.54. The third-order valence-electron chi connectivity index (χ3n) is 2.89. The van der Waals surface area contributed by atoms with E-state index in [0.29, 0.717) is 22.7 Å². The van der Waals surface area contributed by atoms with Crippen molar-refractivity contribution in [2.24, 2.45) is 0 Å². The van der Waals surface area contributed by atoms with Crippen LogP contribution >= 0.6 is 11.6 Å². The highest BCUT2D eigenvalue weighted by molar-refractivity contribution is 6.32. The van der Waals surface area contributed by atoms with Crippen LogP contribution in [0.25, 0.3) is 0 Å². The zero-order valence-electron chi connectivity index (χ0n) is 9.28. The number of hydrogen-bond acceptors (Lipinski definition) is 5. The molecule has 1 fully saturated rings. The van der Waals surface area contributed by atoms with Gasteiger partial charge in [0.25, 0.3) is 0 Å². The number of likely N-dealkylation sites (tertiary alicyclic amines) is 1. The molecule has 0 saturated carbocycles. The van der Waals surface area contributed by atoms with E-state index in [0.717, 1.165) is 25.9 Å². The number of anilines is 2. The van der Waals surface area contributed by atoms with E-state index in [1.165, 1.54) is 6.33 Å². The van der Waals surface area contributed by atoms with E-state index in [-0.39, 0.29) is 0 Å². The van der Waals surface area contributed by atoms with Gasteiger partial charge < -0.3 is 16.0 Å². The lowest BCUT2D eigenvalue weighted by Crippen LogP contribution is -2.37. The Bertz CT molecular complexity index is 362. The lowest BCUT2D eigenvalue weighted by Gasteiger charge is -2.30. The fourth-order valence-electron chi connectivity index (χ4n) is 1.84. The highest BCUT2D eigenvalue weighted by Crippen LogP contribution is 2.24. The summed E-state index contributed by atoms with van der Waals surface area (Å²) in [4.78, 5) is 10.2. The Morgan fingerprint density at radius 2 is 2.12 bits per heavy atom. The molecule has 1 aromatic heterocycles. The van der Waals surface area contributed by atoms with Crippen LogP contribution in [-0.2, 0) is 0 Å². The van der Waals surface area contributed by atoms with E-state index in [9.17, 15) is 0 Å². The number of aromatic nitrogens is 2. The van der Waals surface area contributed by atoms with Crippen LogP contribution in [0.4, 0.5) is 11.5 Å². The molecule has 0 unspecified atom stereocenters. The van der Waals surface area contributed by atoms with Crippen molar-refractivity contribution in [1.29, 1.82) is 0 Å². The molecule has 1 aliphatic rings. The van der Waals surface area contributed by atoms with E-state index in [2.05, 4.69) is 27.2 Å². The summed E-state index contributed by atoms with van der Waals surface area (Å²) in [6.07, 6.45) is 3.62. The summed E-state index contributed by atoms with van der Waals surface area (Å²) < 4.78 is 0. The molecular weight excluding hydrogens is 226 g/mol. The Kier molecular flexibility index (Phi) is 3.46. The molecule has 0 aliphatic carbocycles. The number of piperidine rings is 1. The maximum atomic E-state index is 5.83. The molecule has 0 aromatic carbocycles. The van der Waals surface area contributed by atoms with Gasteiger partial charge in [0.05, 0.1) is 0 Å². The summed E-state index contributed by atoms with van der Waals surface area (Å²) in [6.45, 7) is 2.19. The van der Waals surface area contributed by atoms with Crippen LogP contribution in [0.15, 0.2) is 6.33 Å². The normalized spacial score (nSPS) is 18.6. The number of nitrogens with two attached hydrogens (primary N) is 1. The van der Waals surface area contributed by atoms with Gasteiger partial charge in [0.15, 0.2) is 11.0 Å². The lowest BCUT2D eigenvalue weighted by molar-refractivity contribution is 0.263. The van der Waals surface area contributed by atoms with E-state index in [4.69, 9.17) is 17.3 Å². The van der Waals surface area contributed by atoms with Gasteiger partial charge in [0.1, 0.15) is 12.0 Å². The Morgan fingerprint density at radius 1 is 1.44 bits per heavy atom. The van der Waals surface area contributed by atoms with Gasteiger partial charge in [0, 0.05) is 6.04 Å². The van der Waals surface area contributed by atoms with Crippen LogP contribution in [0, 0.1) is 0 Å². The van der Waals surface area contributed by atoms with Crippen LogP contribution in [0.3, 0.4) is 0 Å². The molecular formula is C10H16ClN5. The second-order valence-electron chi connectivity index (χ2n) is 4.15. The number of halogens is 1. The largest absolute Gasteiger partial charge is 0.393 e. The lowest BCUT2D eigenvalue weighted by atomic mass is 10.1. The van der Waals surface area contributed by atoms with E-state index in [1.807, 2.05) is 0 Å². The minimum absolute atomic E-state index is 0.311. The van der Waals surface area contributed by atoms with E-state index < -0.39 is 0 Å². The Balaban J connectivity index is 2.01. The second kappa shape index (κ2) is 4.84. The number of rotatable bonds is 2. The average Bonchev–Trinajstić information content (AvgIpc) is 2.28. The molecule has 2 rings (SSSR count). The van der Waals surface area contributed by atoms with Crippen LogP contribution in [0.5, 0.6) is 0 Å². The van der Waals surface area contributed by atoms with Crippen molar-refractivity contribution in [3.05, 3.63) is 11.5 Å². The van der Waals surface area contributed by atoms with Gasteiger partial charge in [-0.2, -0.15) is 0 Å². The minimum atomic E-state index is 0.311. The summed E-state index contributed by atoms with van der Waals surface area (Å²) in [6, 6.07) is 0.421. The predicted molar refractivity (Wildman–Crippen MR) is 65.6 cm³/mol. The molecule has 3 N–H and O–H groups in total. The summed E-state index contributed by atoms with van der Waals surface area (Å²) in [5, 5.41) is 3.63. The predicted octanol–water partition coefficient (Wildman–Crippen LogP) is 1.22. The molecule has 6 heteroatoms. The van der Waals surface area contributed by atoms with Crippen LogP contribution in [-0.4, -0.2) is 41.0 Å². The molecule has 16 heavy (non-hydrogen) atoms. The maximum Gasteiger partial charge on any atom is 0.157 e. The molecule has 1 aromatic rings. The molecule has 1 saturated heterocycles. The summed E-state index contributed by atoms with van der Waals surface area (Å²) in [5.74, 6) is 0.648. The minimum Gasteiger partial charge on any atom is -0.393 e. The second-order valence-corrected chi connectivity index (χ2v) is 4.51. The first-order valence-corrected chi connectivity index (χ1v) is 5.75. The monoisotopic (exact) mass is 241 g/mol. The fraction of sp³-hybridized carbons (Fsp3) is 0.600. The standard InChI is InChI=1S/C10H16ClN5/c1-16-4-2-7(3-5-16)15-10-8(12)9(11)13-6-14-10/h6-7H,2-5,12H2,1H3,(H,13,14,15). The topological polar surface area (TPSA) is 67.1 Å². The van der Waals surface area contributed by atoms with Crippen molar-refractivity contribution in [1.82, 2.24) is 14.9 Å². The van der Waals surface area contributed by atoms with Gasteiger partial charge in [-0.1, -0.05) is 11.6 Å². The Labute approximate surface area is 100 Å². The van der Waals surface area contributed by atoms with E-state index in [1.54, 1.807) is 0 Å². The summed E-state index contributed by atoms with van der Waals surface area (Å²) in [7, 11) is 2.13.